The third-order valence-electron chi connectivity index (χ3n) is 3.58. The van der Waals surface area contributed by atoms with Crippen LogP contribution in [0.4, 0.5) is 0 Å². The Morgan fingerprint density at radius 3 is 1.96 bits per heavy atom. The third kappa shape index (κ3) is 4.45. The van der Waals surface area contributed by atoms with Crippen LogP contribution in [-0.2, 0) is 4.74 Å². The summed E-state index contributed by atoms with van der Waals surface area (Å²) in [6.07, 6.45) is -0.255. The molecule has 0 aliphatic carbocycles. The van der Waals surface area contributed by atoms with Crippen LogP contribution in [0, 0.1) is 7.14 Å². The molecular formula is C21H18IO2+. The molecule has 0 saturated carbocycles. The van der Waals surface area contributed by atoms with Crippen molar-refractivity contribution in [1.29, 1.82) is 0 Å². The van der Waals surface area contributed by atoms with Crippen LogP contribution in [0.3, 0.4) is 0 Å². The highest BCUT2D eigenvalue weighted by molar-refractivity contribution is 5.89. The highest BCUT2D eigenvalue weighted by Gasteiger charge is 2.17. The Morgan fingerprint density at radius 1 is 0.792 bits per heavy atom. The Bertz CT molecular complexity index is 783. The van der Waals surface area contributed by atoms with Gasteiger partial charge in [-0.15, -0.1) is 0 Å². The standard InChI is InChI=1S/C21H18IO2/c1-16(17-8-4-2-5-9-17)24-21(23)18-12-14-20(15-13-18)22-19-10-6-3-7-11-19/h2-16H,1H3/q+1. The predicted octanol–water partition coefficient (Wildman–Crippen LogP) is 1.73. The Kier molecular flexibility index (Phi) is 5.64. The van der Waals surface area contributed by atoms with Crippen molar-refractivity contribution in [3.8, 4) is 0 Å². The monoisotopic (exact) mass is 429 g/mol. The van der Waals surface area contributed by atoms with Crippen LogP contribution in [0.25, 0.3) is 0 Å². The number of halogens is 1. The summed E-state index contributed by atoms with van der Waals surface area (Å²) in [6, 6.07) is 28.0. The zero-order valence-electron chi connectivity index (χ0n) is 13.4. The molecule has 3 rings (SSSR count). The summed E-state index contributed by atoms with van der Waals surface area (Å²) in [6.45, 7) is 1.89. The molecule has 0 amide bonds. The van der Waals surface area contributed by atoms with E-state index in [2.05, 4.69) is 24.3 Å². The third-order valence-corrected chi connectivity index (χ3v) is 6.27. The van der Waals surface area contributed by atoms with E-state index in [4.69, 9.17) is 4.74 Å². The minimum Gasteiger partial charge on any atom is -0.454 e. The Balaban J connectivity index is 1.63. The van der Waals surface area contributed by atoms with Crippen molar-refractivity contribution in [2.75, 3.05) is 0 Å². The lowest BCUT2D eigenvalue weighted by Gasteiger charge is -2.13. The molecule has 0 radical (unpaired) electrons. The van der Waals surface area contributed by atoms with Crippen LogP contribution in [0.2, 0.25) is 0 Å². The SMILES string of the molecule is CC(OC(=O)c1ccc([I+]c2ccccc2)cc1)c1ccccc1. The van der Waals surface area contributed by atoms with Crippen LogP contribution in [0.15, 0.2) is 84.9 Å². The average molecular weight is 429 g/mol. The molecule has 120 valence electrons. The summed E-state index contributed by atoms with van der Waals surface area (Å²) in [4.78, 5) is 12.3. The molecule has 3 aromatic carbocycles. The van der Waals surface area contributed by atoms with Gasteiger partial charge in [0.2, 0.25) is 0 Å². The topological polar surface area (TPSA) is 26.3 Å². The second-order valence-corrected chi connectivity index (χ2v) is 8.39. The van der Waals surface area contributed by atoms with Gasteiger partial charge >= 0.3 is 27.2 Å². The van der Waals surface area contributed by atoms with E-state index in [9.17, 15) is 4.79 Å². The second-order valence-electron chi connectivity index (χ2n) is 5.36. The quantitative estimate of drug-likeness (QED) is 0.457. The molecule has 0 aromatic heterocycles. The molecule has 3 heteroatoms. The average Bonchev–Trinajstić information content (AvgIpc) is 2.64. The summed E-state index contributed by atoms with van der Waals surface area (Å²) in [5, 5.41) is 0. The van der Waals surface area contributed by atoms with Crippen LogP contribution in [-0.4, -0.2) is 5.97 Å². The summed E-state index contributed by atoms with van der Waals surface area (Å²) < 4.78 is 8.20. The van der Waals surface area contributed by atoms with E-state index in [0.29, 0.717) is 5.56 Å². The first-order chi connectivity index (χ1) is 11.7. The van der Waals surface area contributed by atoms with Crippen molar-refractivity contribution < 1.29 is 30.7 Å². The number of hydrogen-bond donors (Lipinski definition) is 0. The fourth-order valence-corrected chi connectivity index (χ4v) is 4.49. The maximum atomic E-state index is 12.3. The van der Waals surface area contributed by atoms with E-state index in [-0.39, 0.29) is 33.3 Å². The summed E-state index contributed by atoms with van der Waals surface area (Å²) in [5.41, 5.74) is 1.59. The predicted molar refractivity (Wildman–Crippen MR) is 90.6 cm³/mol. The van der Waals surface area contributed by atoms with Gasteiger partial charge in [-0.05, 0) is 48.9 Å². The Hall–Kier alpha value is -2.14. The molecule has 0 spiro atoms. The Morgan fingerprint density at radius 2 is 1.33 bits per heavy atom. The lowest BCUT2D eigenvalue weighted by Crippen LogP contribution is -3.61. The molecule has 1 unspecified atom stereocenters. The van der Waals surface area contributed by atoms with Crippen molar-refractivity contribution in [3.05, 3.63) is 103 Å². The molecule has 0 fully saturated rings. The molecule has 0 bridgehead atoms. The normalized spacial score (nSPS) is 11.7. The molecule has 0 N–H and O–H groups in total. The van der Waals surface area contributed by atoms with Gasteiger partial charge in [-0.25, -0.2) is 4.79 Å². The van der Waals surface area contributed by atoms with E-state index in [1.54, 1.807) is 0 Å². The van der Waals surface area contributed by atoms with Crippen molar-refractivity contribution in [2.45, 2.75) is 13.0 Å². The molecule has 0 saturated heterocycles. The zero-order chi connectivity index (χ0) is 16.8. The van der Waals surface area contributed by atoms with E-state index in [1.807, 2.05) is 67.6 Å². The number of rotatable bonds is 5. The minimum absolute atomic E-state index is 0.210. The van der Waals surface area contributed by atoms with E-state index < -0.39 is 0 Å². The molecular weight excluding hydrogens is 411 g/mol. The fourth-order valence-electron chi connectivity index (χ4n) is 2.27. The highest BCUT2D eigenvalue weighted by Crippen LogP contribution is 2.17. The molecule has 0 heterocycles. The number of carbonyl (C=O) groups excluding carboxylic acids is 1. The van der Waals surface area contributed by atoms with Crippen molar-refractivity contribution in [3.63, 3.8) is 0 Å². The van der Waals surface area contributed by atoms with Crippen LogP contribution in [0.5, 0.6) is 0 Å². The molecule has 0 aliphatic rings. The van der Waals surface area contributed by atoms with Gasteiger partial charge in [0.25, 0.3) is 0 Å². The lowest BCUT2D eigenvalue weighted by atomic mass is 10.1. The largest absolute Gasteiger partial charge is 0.454 e. The number of esters is 1. The first kappa shape index (κ1) is 16.7. The first-order valence-corrected chi connectivity index (χ1v) is 9.94. The molecule has 0 aliphatic heterocycles. The number of benzene rings is 3. The maximum Gasteiger partial charge on any atom is 0.357 e. The van der Waals surface area contributed by atoms with Gasteiger partial charge in [0.05, 0.1) is 5.56 Å². The molecule has 3 aromatic rings. The minimum atomic E-state index is -0.282. The van der Waals surface area contributed by atoms with Crippen molar-refractivity contribution in [2.24, 2.45) is 0 Å². The van der Waals surface area contributed by atoms with Gasteiger partial charge in [-0.1, -0.05) is 48.5 Å². The van der Waals surface area contributed by atoms with Gasteiger partial charge < -0.3 is 4.74 Å². The van der Waals surface area contributed by atoms with Crippen LogP contribution >= 0.6 is 0 Å². The fraction of sp³-hybridized carbons (Fsp3) is 0.0952. The van der Waals surface area contributed by atoms with Crippen molar-refractivity contribution in [1.82, 2.24) is 0 Å². The molecule has 1 atom stereocenters. The Labute approximate surface area is 152 Å². The maximum absolute atomic E-state index is 12.3. The smallest absolute Gasteiger partial charge is 0.357 e. The van der Waals surface area contributed by atoms with Crippen LogP contribution in [0.1, 0.15) is 28.9 Å². The number of hydrogen-bond acceptors (Lipinski definition) is 2. The molecule has 2 nitrogen and oxygen atoms in total. The number of ether oxygens (including phenoxy) is 1. The van der Waals surface area contributed by atoms with Crippen LogP contribution < -0.4 is 21.2 Å². The van der Waals surface area contributed by atoms with Gasteiger partial charge in [0, 0.05) is 0 Å². The van der Waals surface area contributed by atoms with Gasteiger partial charge in [-0.2, -0.15) is 0 Å². The second kappa shape index (κ2) is 8.11. The van der Waals surface area contributed by atoms with Gasteiger partial charge in [0.15, 0.2) is 7.14 Å². The van der Waals surface area contributed by atoms with E-state index in [0.717, 1.165) is 5.56 Å². The lowest BCUT2D eigenvalue weighted by molar-refractivity contribution is -0.597. The zero-order valence-corrected chi connectivity index (χ0v) is 15.5. The van der Waals surface area contributed by atoms with Gasteiger partial charge in [-0.3, -0.25) is 0 Å². The molecule has 24 heavy (non-hydrogen) atoms. The van der Waals surface area contributed by atoms with Gasteiger partial charge in [0.1, 0.15) is 6.10 Å². The van der Waals surface area contributed by atoms with Crippen molar-refractivity contribution >= 4 is 5.97 Å². The summed E-state index contributed by atoms with van der Waals surface area (Å²) in [7, 11) is 0. The highest BCUT2D eigenvalue weighted by atomic mass is 127. The van der Waals surface area contributed by atoms with E-state index >= 15 is 0 Å². The number of carbonyl (C=O) groups is 1. The summed E-state index contributed by atoms with van der Waals surface area (Å²) >= 11 is -0.210. The van der Waals surface area contributed by atoms with E-state index in [1.165, 1.54) is 7.14 Å². The first-order valence-electron chi connectivity index (χ1n) is 7.78. The summed E-state index contributed by atoms with van der Waals surface area (Å²) in [5.74, 6) is -0.282.